The first kappa shape index (κ1) is 10.6. The molecular formula is C10H21N5. The zero-order chi connectivity index (χ0) is 10.5. The number of nitrogens with zero attached hydrogens (tertiary/aromatic N) is 2. The van der Waals surface area contributed by atoms with E-state index in [1.165, 1.54) is 5.82 Å². The third-order valence-corrected chi connectivity index (χ3v) is 3.03. The summed E-state index contributed by atoms with van der Waals surface area (Å²) in [7, 11) is 0. The smallest absolute Gasteiger partial charge is 0.120 e. The number of rotatable bonds is 2. The van der Waals surface area contributed by atoms with Crippen molar-refractivity contribution in [3.63, 3.8) is 0 Å². The molecule has 2 aliphatic rings. The molecule has 5 heteroatoms. The number of nitrogens with one attached hydrogen (secondary N) is 2. The van der Waals surface area contributed by atoms with E-state index in [4.69, 9.17) is 5.73 Å². The Bertz CT molecular complexity index is 196. The average molecular weight is 211 g/mol. The van der Waals surface area contributed by atoms with Gasteiger partial charge in [-0.2, -0.15) is 0 Å². The fourth-order valence-electron chi connectivity index (χ4n) is 2.20. The molecule has 0 saturated carbocycles. The quantitative estimate of drug-likeness (QED) is 0.522. The van der Waals surface area contributed by atoms with Crippen LogP contribution in [0.2, 0.25) is 0 Å². The molecule has 0 radical (unpaired) electrons. The van der Waals surface area contributed by atoms with Crippen molar-refractivity contribution in [3.05, 3.63) is 12.0 Å². The Kier molecular flexibility index (Phi) is 3.69. The summed E-state index contributed by atoms with van der Waals surface area (Å²) in [6.45, 7) is 8.49. The van der Waals surface area contributed by atoms with Gasteiger partial charge in [-0.15, -0.1) is 0 Å². The van der Waals surface area contributed by atoms with Crippen LogP contribution in [0.15, 0.2) is 12.0 Å². The zero-order valence-electron chi connectivity index (χ0n) is 9.21. The highest BCUT2D eigenvalue weighted by Crippen LogP contribution is 2.11. The van der Waals surface area contributed by atoms with Crippen LogP contribution in [-0.4, -0.2) is 62.2 Å². The van der Waals surface area contributed by atoms with Crippen molar-refractivity contribution in [3.8, 4) is 0 Å². The van der Waals surface area contributed by atoms with Crippen LogP contribution in [0.1, 0.15) is 0 Å². The molecule has 5 nitrogen and oxygen atoms in total. The molecule has 0 aromatic rings. The molecule has 15 heavy (non-hydrogen) atoms. The van der Waals surface area contributed by atoms with Gasteiger partial charge in [0.2, 0.25) is 0 Å². The van der Waals surface area contributed by atoms with Gasteiger partial charge >= 0.3 is 0 Å². The van der Waals surface area contributed by atoms with Crippen LogP contribution < -0.4 is 16.4 Å². The van der Waals surface area contributed by atoms with Crippen molar-refractivity contribution in [1.82, 2.24) is 20.4 Å². The lowest BCUT2D eigenvalue weighted by molar-refractivity contribution is 0.178. The number of hydrogen-bond donors (Lipinski definition) is 3. The van der Waals surface area contributed by atoms with E-state index >= 15 is 0 Å². The van der Waals surface area contributed by atoms with Gasteiger partial charge in [-0.3, -0.25) is 0 Å². The van der Waals surface area contributed by atoms with E-state index in [1.807, 2.05) is 0 Å². The lowest BCUT2D eigenvalue weighted by Gasteiger charge is -2.39. The third-order valence-electron chi connectivity index (χ3n) is 3.03. The minimum Gasteiger partial charge on any atom is -0.402 e. The molecule has 0 aromatic carbocycles. The SMILES string of the molecule is NC=C(N1CCNCC1)N1CCNCC1. The highest BCUT2D eigenvalue weighted by molar-refractivity contribution is 5.01. The molecule has 0 unspecified atom stereocenters. The number of nitrogens with two attached hydrogens (primary N) is 1. The molecule has 2 saturated heterocycles. The van der Waals surface area contributed by atoms with Crippen LogP contribution in [0.25, 0.3) is 0 Å². The second-order valence-electron chi connectivity index (χ2n) is 4.00. The Morgan fingerprint density at radius 3 is 1.60 bits per heavy atom. The Morgan fingerprint density at radius 2 is 1.27 bits per heavy atom. The van der Waals surface area contributed by atoms with Crippen molar-refractivity contribution in [2.45, 2.75) is 0 Å². The van der Waals surface area contributed by atoms with Crippen molar-refractivity contribution in [2.75, 3.05) is 52.4 Å². The van der Waals surface area contributed by atoms with Crippen LogP contribution >= 0.6 is 0 Å². The first-order valence-corrected chi connectivity index (χ1v) is 5.75. The van der Waals surface area contributed by atoms with Gasteiger partial charge in [0, 0.05) is 58.6 Å². The minimum absolute atomic E-state index is 1.06. The maximum Gasteiger partial charge on any atom is 0.120 e. The fourth-order valence-corrected chi connectivity index (χ4v) is 2.20. The predicted molar refractivity (Wildman–Crippen MR) is 61.2 cm³/mol. The van der Waals surface area contributed by atoms with Crippen molar-refractivity contribution >= 4 is 0 Å². The van der Waals surface area contributed by atoms with Crippen molar-refractivity contribution in [2.24, 2.45) is 5.73 Å². The molecule has 4 N–H and O–H groups in total. The maximum absolute atomic E-state index is 5.75. The summed E-state index contributed by atoms with van der Waals surface area (Å²) >= 11 is 0. The van der Waals surface area contributed by atoms with Gasteiger partial charge in [0.25, 0.3) is 0 Å². The summed E-state index contributed by atoms with van der Waals surface area (Å²) in [5.74, 6) is 1.21. The van der Waals surface area contributed by atoms with Crippen LogP contribution in [-0.2, 0) is 0 Å². The molecule has 2 rings (SSSR count). The summed E-state index contributed by atoms with van der Waals surface area (Å²) < 4.78 is 0. The van der Waals surface area contributed by atoms with E-state index in [0.29, 0.717) is 0 Å². The average Bonchev–Trinajstić information content (AvgIpc) is 2.33. The summed E-state index contributed by atoms with van der Waals surface area (Å²) in [6, 6.07) is 0. The molecule has 0 aromatic heterocycles. The minimum atomic E-state index is 1.06. The first-order chi connectivity index (χ1) is 7.42. The summed E-state index contributed by atoms with van der Waals surface area (Å²) in [6.07, 6.45) is 1.76. The lowest BCUT2D eigenvalue weighted by Crippen LogP contribution is -2.51. The highest BCUT2D eigenvalue weighted by atomic mass is 15.4. The lowest BCUT2D eigenvalue weighted by atomic mass is 10.3. The summed E-state index contributed by atoms with van der Waals surface area (Å²) in [5.41, 5.74) is 5.75. The Hall–Kier alpha value is -0.940. The van der Waals surface area contributed by atoms with Gasteiger partial charge in [0.15, 0.2) is 0 Å². The Morgan fingerprint density at radius 1 is 0.867 bits per heavy atom. The molecule has 0 spiro atoms. The van der Waals surface area contributed by atoms with Crippen molar-refractivity contribution < 1.29 is 0 Å². The highest BCUT2D eigenvalue weighted by Gasteiger charge is 2.19. The monoisotopic (exact) mass is 211 g/mol. The van der Waals surface area contributed by atoms with Gasteiger partial charge < -0.3 is 26.2 Å². The van der Waals surface area contributed by atoms with Gasteiger partial charge in [-0.25, -0.2) is 0 Å². The fraction of sp³-hybridized carbons (Fsp3) is 0.800. The van der Waals surface area contributed by atoms with E-state index < -0.39 is 0 Å². The molecule has 2 aliphatic heterocycles. The van der Waals surface area contributed by atoms with E-state index in [9.17, 15) is 0 Å². The van der Waals surface area contributed by atoms with Gasteiger partial charge in [0.05, 0.1) is 0 Å². The first-order valence-electron chi connectivity index (χ1n) is 5.75. The second-order valence-corrected chi connectivity index (χ2v) is 4.00. The number of piperazine rings is 2. The molecule has 0 amide bonds. The topological polar surface area (TPSA) is 56.6 Å². The predicted octanol–water partition coefficient (Wildman–Crippen LogP) is -1.45. The van der Waals surface area contributed by atoms with E-state index in [1.54, 1.807) is 6.20 Å². The van der Waals surface area contributed by atoms with E-state index in [0.717, 1.165) is 52.4 Å². The molecule has 0 aliphatic carbocycles. The summed E-state index contributed by atoms with van der Waals surface area (Å²) in [4.78, 5) is 4.75. The van der Waals surface area contributed by atoms with Crippen LogP contribution in [0.3, 0.4) is 0 Å². The third kappa shape index (κ3) is 2.54. The van der Waals surface area contributed by atoms with Gasteiger partial charge in [-0.1, -0.05) is 0 Å². The number of hydrogen-bond acceptors (Lipinski definition) is 5. The molecule has 0 bridgehead atoms. The molecule has 2 heterocycles. The van der Waals surface area contributed by atoms with Crippen LogP contribution in [0.4, 0.5) is 0 Å². The van der Waals surface area contributed by atoms with Gasteiger partial charge in [-0.05, 0) is 0 Å². The molecular weight excluding hydrogens is 190 g/mol. The van der Waals surface area contributed by atoms with E-state index in [-0.39, 0.29) is 0 Å². The Labute approximate surface area is 91.3 Å². The zero-order valence-corrected chi connectivity index (χ0v) is 9.21. The molecule has 2 fully saturated rings. The largest absolute Gasteiger partial charge is 0.402 e. The van der Waals surface area contributed by atoms with Crippen molar-refractivity contribution in [1.29, 1.82) is 0 Å². The van der Waals surface area contributed by atoms with Gasteiger partial charge in [0.1, 0.15) is 5.82 Å². The normalized spacial score (nSPS) is 22.7. The summed E-state index contributed by atoms with van der Waals surface area (Å²) in [5, 5.41) is 6.71. The second kappa shape index (κ2) is 5.23. The van der Waals surface area contributed by atoms with E-state index in [2.05, 4.69) is 20.4 Å². The van der Waals surface area contributed by atoms with Crippen LogP contribution in [0, 0.1) is 0 Å². The maximum atomic E-state index is 5.75. The van der Waals surface area contributed by atoms with Crippen LogP contribution in [0.5, 0.6) is 0 Å². The molecule has 86 valence electrons. The Balaban J connectivity index is 1.95. The standard InChI is InChI=1S/C10H21N5/c11-9-10(14-5-1-12-2-6-14)15-7-3-13-4-8-15/h9,12-13H,1-8,11H2. The molecule has 0 atom stereocenters.